The van der Waals surface area contributed by atoms with Crippen molar-refractivity contribution in [2.75, 3.05) is 26.1 Å². The minimum atomic E-state index is -0.685. The van der Waals surface area contributed by atoms with Crippen LogP contribution in [0.1, 0.15) is 33.3 Å². The number of hydrogen-bond donors (Lipinski definition) is 2. The number of phenolic OH excluding ortho intramolecular Hbond substituents is 1. The molecule has 0 spiro atoms. The molecule has 9 heteroatoms. The summed E-state index contributed by atoms with van der Waals surface area (Å²) in [6, 6.07) is 4.78. The van der Waals surface area contributed by atoms with E-state index in [9.17, 15) is 20.0 Å². The molecular formula is C21H22N2O6S. The van der Waals surface area contributed by atoms with Crippen molar-refractivity contribution in [2.24, 2.45) is 0 Å². The van der Waals surface area contributed by atoms with Crippen LogP contribution in [0.15, 0.2) is 17.7 Å². The molecule has 0 fully saturated rings. The highest BCUT2D eigenvalue weighted by Crippen LogP contribution is 2.38. The van der Waals surface area contributed by atoms with Crippen molar-refractivity contribution in [1.29, 1.82) is 5.26 Å². The lowest BCUT2D eigenvalue weighted by atomic mass is 10.1. The summed E-state index contributed by atoms with van der Waals surface area (Å²) in [5.41, 5.74) is 1.20. The predicted octanol–water partition coefficient (Wildman–Crippen LogP) is 3.81. The van der Waals surface area contributed by atoms with Gasteiger partial charge in [-0.2, -0.15) is 5.26 Å². The first-order valence-electron chi connectivity index (χ1n) is 8.92. The lowest BCUT2D eigenvalue weighted by Crippen LogP contribution is -2.16. The van der Waals surface area contributed by atoms with Gasteiger partial charge < -0.3 is 24.6 Å². The minimum absolute atomic E-state index is 0.132. The molecule has 2 aromatic rings. The fourth-order valence-corrected chi connectivity index (χ4v) is 3.69. The van der Waals surface area contributed by atoms with Crippen molar-refractivity contribution in [1.82, 2.24) is 0 Å². The Labute approximate surface area is 178 Å². The second-order valence-electron chi connectivity index (χ2n) is 6.11. The summed E-state index contributed by atoms with van der Waals surface area (Å²) in [4.78, 5) is 25.9. The van der Waals surface area contributed by atoms with E-state index in [0.29, 0.717) is 16.1 Å². The van der Waals surface area contributed by atoms with Gasteiger partial charge in [-0.15, -0.1) is 11.3 Å². The topological polar surface area (TPSA) is 118 Å². The number of rotatable bonds is 7. The average Bonchev–Trinajstić information content (AvgIpc) is 3.00. The van der Waals surface area contributed by atoms with Crippen LogP contribution in [0.4, 0.5) is 5.00 Å². The lowest BCUT2D eigenvalue weighted by molar-refractivity contribution is -0.112. The van der Waals surface area contributed by atoms with Crippen LogP contribution in [0.3, 0.4) is 0 Å². The van der Waals surface area contributed by atoms with E-state index in [4.69, 9.17) is 14.2 Å². The number of aryl methyl sites for hydroxylation is 1. The van der Waals surface area contributed by atoms with E-state index in [1.165, 1.54) is 43.8 Å². The fourth-order valence-electron chi connectivity index (χ4n) is 2.65. The van der Waals surface area contributed by atoms with Crippen LogP contribution in [-0.4, -0.2) is 37.8 Å². The molecule has 0 aliphatic rings. The number of esters is 1. The molecule has 0 radical (unpaired) electrons. The van der Waals surface area contributed by atoms with Crippen molar-refractivity contribution in [2.45, 2.75) is 20.8 Å². The first-order chi connectivity index (χ1) is 14.3. The highest BCUT2D eigenvalue weighted by molar-refractivity contribution is 7.16. The number of carbonyl (C=O) groups is 2. The molecular weight excluding hydrogens is 408 g/mol. The minimum Gasteiger partial charge on any atom is -0.502 e. The van der Waals surface area contributed by atoms with Gasteiger partial charge in [0.25, 0.3) is 5.91 Å². The fraction of sp³-hybridized carbons (Fsp3) is 0.286. The Kier molecular flexibility index (Phi) is 7.44. The number of carbonyl (C=O) groups excluding carboxylic acids is 2. The third-order valence-corrected chi connectivity index (χ3v) is 5.39. The molecule has 0 aliphatic heterocycles. The Morgan fingerprint density at radius 2 is 1.83 bits per heavy atom. The molecule has 158 valence electrons. The maximum atomic E-state index is 12.7. The summed E-state index contributed by atoms with van der Waals surface area (Å²) in [5, 5.41) is 22.4. The molecule has 0 bridgehead atoms. The molecule has 0 unspecified atom stereocenters. The van der Waals surface area contributed by atoms with E-state index in [1.54, 1.807) is 13.8 Å². The van der Waals surface area contributed by atoms with Crippen LogP contribution in [0.25, 0.3) is 6.08 Å². The number of methoxy groups -OCH3 is 2. The number of anilines is 1. The van der Waals surface area contributed by atoms with Crippen LogP contribution in [0, 0.1) is 25.2 Å². The number of thiophene rings is 1. The number of nitrogens with one attached hydrogen (secondary N) is 1. The quantitative estimate of drug-likeness (QED) is 0.389. The number of nitrogens with zero attached hydrogens (tertiary/aromatic N) is 1. The van der Waals surface area contributed by atoms with Crippen molar-refractivity contribution < 1.29 is 28.9 Å². The van der Waals surface area contributed by atoms with Crippen LogP contribution in [-0.2, 0) is 9.53 Å². The third kappa shape index (κ3) is 4.72. The van der Waals surface area contributed by atoms with E-state index < -0.39 is 11.9 Å². The Morgan fingerprint density at radius 3 is 2.33 bits per heavy atom. The van der Waals surface area contributed by atoms with Gasteiger partial charge in [-0.05, 0) is 50.1 Å². The van der Waals surface area contributed by atoms with E-state index in [-0.39, 0.29) is 35.0 Å². The van der Waals surface area contributed by atoms with Crippen molar-refractivity contribution in [3.8, 4) is 23.3 Å². The summed E-state index contributed by atoms with van der Waals surface area (Å²) >= 11 is 1.23. The molecule has 30 heavy (non-hydrogen) atoms. The Morgan fingerprint density at radius 1 is 1.23 bits per heavy atom. The summed E-state index contributed by atoms with van der Waals surface area (Å²) < 4.78 is 15.3. The van der Waals surface area contributed by atoms with E-state index in [1.807, 2.05) is 13.0 Å². The van der Waals surface area contributed by atoms with Crippen LogP contribution in [0.2, 0.25) is 0 Å². The second-order valence-corrected chi connectivity index (χ2v) is 7.33. The molecule has 1 aromatic heterocycles. The molecule has 1 amide bonds. The van der Waals surface area contributed by atoms with Crippen molar-refractivity contribution >= 4 is 34.3 Å². The van der Waals surface area contributed by atoms with Gasteiger partial charge in [-0.25, -0.2) is 4.79 Å². The molecule has 1 heterocycles. The first-order valence-corrected chi connectivity index (χ1v) is 9.74. The van der Waals surface area contributed by atoms with E-state index in [0.717, 1.165) is 4.88 Å². The number of aromatic hydroxyl groups is 1. The summed E-state index contributed by atoms with van der Waals surface area (Å²) in [7, 11) is 2.75. The average molecular weight is 430 g/mol. The zero-order chi connectivity index (χ0) is 22.4. The molecule has 2 N–H and O–H groups in total. The Bertz CT molecular complexity index is 1020. The van der Waals surface area contributed by atoms with Gasteiger partial charge in [-0.3, -0.25) is 4.79 Å². The van der Waals surface area contributed by atoms with Gasteiger partial charge in [0.05, 0.1) is 26.4 Å². The standard InChI is InChI=1S/C21H22N2O6S/c1-6-29-21(26)17-11(2)12(3)30-20(17)23-19(25)14(10-22)7-13-8-15(27-4)18(24)16(9-13)28-5/h7-9,24H,6H2,1-5H3,(H,23,25)/b14-7+. The highest BCUT2D eigenvalue weighted by Gasteiger charge is 2.23. The maximum absolute atomic E-state index is 12.7. The zero-order valence-electron chi connectivity index (χ0n) is 17.3. The molecule has 0 saturated heterocycles. The third-order valence-electron chi connectivity index (χ3n) is 4.27. The normalized spacial score (nSPS) is 10.9. The van der Waals surface area contributed by atoms with Gasteiger partial charge in [0.1, 0.15) is 16.6 Å². The molecule has 1 aromatic carbocycles. The zero-order valence-corrected chi connectivity index (χ0v) is 18.1. The summed E-state index contributed by atoms with van der Waals surface area (Å²) in [5.74, 6) is -1.15. The number of phenols is 1. The monoisotopic (exact) mass is 430 g/mol. The number of nitriles is 1. The smallest absolute Gasteiger partial charge is 0.341 e. The summed E-state index contributed by atoms with van der Waals surface area (Å²) in [6.07, 6.45) is 1.33. The van der Waals surface area contributed by atoms with Gasteiger partial charge in [0.15, 0.2) is 11.5 Å². The van der Waals surface area contributed by atoms with Gasteiger partial charge >= 0.3 is 5.97 Å². The van der Waals surface area contributed by atoms with Crippen molar-refractivity contribution in [3.05, 3.63) is 39.3 Å². The molecule has 0 saturated carbocycles. The van der Waals surface area contributed by atoms with Crippen LogP contribution < -0.4 is 14.8 Å². The van der Waals surface area contributed by atoms with Gasteiger partial charge in [0.2, 0.25) is 5.75 Å². The van der Waals surface area contributed by atoms with E-state index >= 15 is 0 Å². The van der Waals surface area contributed by atoms with Crippen molar-refractivity contribution in [3.63, 3.8) is 0 Å². The SMILES string of the molecule is CCOC(=O)c1c(NC(=O)/C(C#N)=C/c2cc(OC)c(O)c(OC)c2)sc(C)c1C. The number of benzene rings is 1. The van der Waals surface area contributed by atoms with Gasteiger partial charge in [0, 0.05) is 4.88 Å². The van der Waals surface area contributed by atoms with Gasteiger partial charge in [-0.1, -0.05) is 0 Å². The van der Waals surface area contributed by atoms with Crippen LogP contribution >= 0.6 is 11.3 Å². The largest absolute Gasteiger partial charge is 0.502 e. The molecule has 8 nitrogen and oxygen atoms in total. The maximum Gasteiger partial charge on any atom is 0.341 e. The number of ether oxygens (including phenoxy) is 3. The number of hydrogen-bond acceptors (Lipinski definition) is 8. The second kappa shape index (κ2) is 9.80. The Hall–Kier alpha value is -3.51. The number of amides is 1. The predicted molar refractivity (Wildman–Crippen MR) is 113 cm³/mol. The molecule has 2 rings (SSSR count). The lowest BCUT2D eigenvalue weighted by Gasteiger charge is -2.10. The highest BCUT2D eigenvalue weighted by atomic mass is 32.1. The first kappa shape index (κ1) is 22.8. The Balaban J connectivity index is 2.41. The molecule has 0 atom stereocenters. The molecule has 0 aliphatic carbocycles. The van der Waals surface area contributed by atoms with Crippen LogP contribution in [0.5, 0.6) is 17.2 Å². The summed E-state index contributed by atoms with van der Waals surface area (Å²) in [6.45, 7) is 5.49. The van der Waals surface area contributed by atoms with E-state index in [2.05, 4.69) is 5.32 Å².